The molecule has 10 heteroatoms. The molecule has 1 fully saturated rings. The predicted molar refractivity (Wildman–Crippen MR) is 112 cm³/mol. The predicted octanol–water partition coefficient (Wildman–Crippen LogP) is 2.41. The smallest absolute Gasteiger partial charge is 0.218 e. The molecule has 0 aliphatic carbocycles. The van der Waals surface area contributed by atoms with Crippen molar-refractivity contribution in [2.24, 2.45) is 0 Å². The van der Waals surface area contributed by atoms with Gasteiger partial charge in [0.25, 0.3) is 0 Å². The highest BCUT2D eigenvalue weighted by atomic mass is 32.2. The molecule has 4 rings (SSSR count). The SMILES string of the molecule is O=S(=O)(Cc1cccc(F)c1)N1CCN(c2ccc(Nc3cccnc3)nn2)CC1. The van der Waals surface area contributed by atoms with Gasteiger partial charge in [0.2, 0.25) is 10.0 Å². The Labute approximate surface area is 174 Å². The van der Waals surface area contributed by atoms with Gasteiger partial charge >= 0.3 is 0 Å². The zero-order valence-electron chi connectivity index (χ0n) is 16.1. The fourth-order valence-corrected chi connectivity index (χ4v) is 4.77. The van der Waals surface area contributed by atoms with Crippen LogP contribution in [0.2, 0.25) is 0 Å². The molecule has 3 heterocycles. The molecule has 156 valence electrons. The Morgan fingerprint density at radius 2 is 1.83 bits per heavy atom. The highest BCUT2D eigenvalue weighted by Gasteiger charge is 2.27. The third-order valence-corrected chi connectivity index (χ3v) is 6.63. The second-order valence-corrected chi connectivity index (χ2v) is 8.88. The number of pyridine rings is 1. The molecule has 0 radical (unpaired) electrons. The number of halogens is 1. The summed E-state index contributed by atoms with van der Waals surface area (Å²) in [5, 5.41) is 11.5. The van der Waals surface area contributed by atoms with Gasteiger partial charge in [-0.3, -0.25) is 4.98 Å². The lowest BCUT2D eigenvalue weighted by Crippen LogP contribution is -2.49. The van der Waals surface area contributed by atoms with Crippen molar-refractivity contribution in [2.45, 2.75) is 5.75 Å². The number of benzene rings is 1. The fraction of sp³-hybridized carbons (Fsp3) is 0.250. The minimum Gasteiger partial charge on any atom is -0.352 e. The van der Waals surface area contributed by atoms with E-state index in [9.17, 15) is 12.8 Å². The Balaban J connectivity index is 1.35. The normalized spacial score (nSPS) is 15.2. The highest BCUT2D eigenvalue weighted by Crippen LogP contribution is 2.19. The van der Waals surface area contributed by atoms with Gasteiger partial charge in [0, 0.05) is 32.4 Å². The number of nitrogens with zero attached hydrogens (tertiary/aromatic N) is 5. The third kappa shape index (κ3) is 4.89. The van der Waals surface area contributed by atoms with Gasteiger partial charge in [-0.15, -0.1) is 10.2 Å². The van der Waals surface area contributed by atoms with Gasteiger partial charge in [-0.2, -0.15) is 4.31 Å². The van der Waals surface area contributed by atoms with E-state index in [1.807, 2.05) is 29.2 Å². The first-order valence-electron chi connectivity index (χ1n) is 9.48. The number of hydrogen-bond acceptors (Lipinski definition) is 7. The second kappa shape index (κ2) is 8.72. The number of rotatable bonds is 6. The first-order valence-corrected chi connectivity index (χ1v) is 11.1. The van der Waals surface area contributed by atoms with Crippen LogP contribution in [0, 0.1) is 5.82 Å². The lowest BCUT2D eigenvalue weighted by molar-refractivity contribution is 0.383. The van der Waals surface area contributed by atoms with Crippen molar-refractivity contribution in [1.82, 2.24) is 19.5 Å². The zero-order valence-corrected chi connectivity index (χ0v) is 17.0. The van der Waals surface area contributed by atoms with E-state index >= 15 is 0 Å². The Morgan fingerprint density at radius 3 is 2.50 bits per heavy atom. The van der Waals surface area contributed by atoms with Crippen molar-refractivity contribution < 1.29 is 12.8 Å². The molecule has 0 bridgehead atoms. The summed E-state index contributed by atoms with van der Waals surface area (Å²) in [6.45, 7) is 1.70. The van der Waals surface area contributed by atoms with Crippen LogP contribution < -0.4 is 10.2 Å². The Hall–Kier alpha value is -3.11. The molecule has 0 amide bonds. The molecule has 0 spiro atoms. The maximum atomic E-state index is 13.3. The molecule has 1 N–H and O–H groups in total. The lowest BCUT2D eigenvalue weighted by atomic mass is 10.2. The van der Waals surface area contributed by atoms with Crippen LogP contribution in [0.5, 0.6) is 0 Å². The molecule has 0 atom stereocenters. The second-order valence-electron chi connectivity index (χ2n) is 6.92. The molecule has 0 unspecified atom stereocenters. The summed E-state index contributed by atoms with van der Waals surface area (Å²) in [6, 6.07) is 13.1. The van der Waals surface area contributed by atoms with Gasteiger partial charge in [-0.1, -0.05) is 12.1 Å². The first kappa shape index (κ1) is 20.2. The first-order chi connectivity index (χ1) is 14.5. The minimum atomic E-state index is -3.51. The highest BCUT2D eigenvalue weighted by molar-refractivity contribution is 7.88. The summed E-state index contributed by atoms with van der Waals surface area (Å²) in [5.74, 6) is 0.642. The molecule has 8 nitrogen and oxygen atoms in total. The number of anilines is 3. The molecule has 2 aromatic heterocycles. The summed E-state index contributed by atoms with van der Waals surface area (Å²) < 4.78 is 40.1. The fourth-order valence-electron chi connectivity index (χ4n) is 3.27. The summed E-state index contributed by atoms with van der Waals surface area (Å²) in [6.07, 6.45) is 3.39. The quantitative estimate of drug-likeness (QED) is 0.645. The molecule has 1 aliphatic heterocycles. The van der Waals surface area contributed by atoms with Crippen molar-refractivity contribution in [1.29, 1.82) is 0 Å². The van der Waals surface area contributed by atoms with Crippen molar-refractivity contribution in [2.75, 3.05) is 36.4 Å². The largest absolute Gasteiger partial charge is 0.352 e. The third-order valence-electron chi connectivity index (χ3n) is 4.78. The van der Waals surface area contributed by atoms with E-state index in [0.29, 0.717) is 43.4 Å². The summed E-state index contributed by atoms with van der Waals surface area (Å²) >= 11 is 0. The van der Waals surface area contributed by atoms with E-state index in [1.165, 1.54) is 22.5 Å². The summed E-state index contributed by atoms with van der Waals surface area (Å²) in [7, 11) is -3.51. The molecule has 1 saturated heterocycles. The lowest BCUT2D eigenvalue weighted by Gasteiger charge is -2.34. The van der Waals surface area contributed by atoms with Crippen LogP contribution in [-0.2, 0) is 15.8 Å². The Kier molecular flexibility index (Phi) is 5.86. The molecule has 0 saturated carbocycles. The van der Waals surface area contributed by atoms with Crippen LogP contribution in [-0.4, -0.2) is 54.1 Å². The van der Waals surface area contributed by atoms with Gasteiger partial charge in [-0.05, 0) is 42.0 Å². The number of aromatic nitrogens is 3. The van der Waals surface area contributed by atoms with Crippen LogP contribution in [0.4, 0.5) is 21.7 Å². The number of sulfonamides is 1. The number of hydrogen-bond donors (Lipinski definition) is 1. The Morgan fingerprint density at radius 1 is 1.00 bits per heavy atom. The van der Waals surface area contributed by atoms with Gasteiger partial charge < -0.3 is 10.2 Å². The van der Waals surface area contributed by atoms with E-state index in [4.69, 9.17) is 0 Å². The number of nitrogens with one attached hydrogen (secondary N) is 1. The van der Waals surface area contributed by atoms with Crippen LogP contribution in [0.25, 0.3) is 0 Å². The standard InChI is InChI=1S/C20H21FN6O2S/c21-17-4-1-3-16(13-17)15-30(28,29)27-11-9-26(10-12-27)20-7-6-19(24-25-20)23-18-5-2-8-22-14-18/h1-8,13-14H,9-12,15H2,(H,23,24). The maximum Gasteiger partial charge on any atom is 0.218 e. The summed E-state index contributed by atoms with van der Waals surface area (Å²) in [4.78, 5) is 6.03. The topological polar surface area (TPSA) is 91.3 Å². The molecule has 30 heavy (non-hydrogen) atoms. The van der Waals surface area contributed by atoms with Crippen LogP contribution >= 0.6 is 0 Å². The van der Waals surface area contributed by atoms with Gasteiger partial charge in [-0.25, -0.2) is 12.8 Å². The van der Waals surface area contributed by atoms with Crippen molar-refractivity contribution in [3.05, 3.63) is 72.3 Å². The van der Waals surface area contributed by atoms with Gasteiger partial charge in [0.1, 0.15) is 5.82 Å². The average molecular weight is 428 g/mol. The molecular weight excluding hydrogens is 407 g/mol. The molecule has 3 aromatic rings. The van der Waals surface area contributed by atoms with Crippen LogP contribution in [0.3, 0.4) is 0 Å². The van der Waals surface area contributed by atoms with Crippen molar-refractivity contribution >= 4 is 27.3 Å². The minimum absolute atomic E-state index is 0.209. The van der Waals surface area contributed by atoms with E-state index in [1.54, 1.807) is 18.5 Å². The van der Waals surface area contributed by atoms with Crippen molar-refractivity contribution in [3.8, 4) is 0 Å². The molecule has 1 aliphatic rings. The summed E-state index contributed by atoms with van der Waals surface area (Å²) in [5.41, 5.74) is 1.26. The molecular formula is C20H21FN6O2S. The molecule has 1 aromatic carbocycles. The zero-order chi connectivity index (χ0) is 21.0. The van der Waals surface area contributed by atoms with E-state index in [0.717, 1.165) is 5.69 Å². The van der Waals surface area contributed by atoms with Gasteiger partial charge in [0.05, 0.1) is 17.6 Å². The van der Waals surface area contributed by atoms with Crippen LogP contribution in [0.1, 0.15) is 5.56 Å². The monoisotopic (exact) mass is 428 g/mol. The maximum absolute atomic E-state index is 13.3. The van der Waals surface area contributed by atoms with E-state index in [2.05, 4.69) is 20.5 Å². The van der Waals surface area contributed by atoms with E-state index in [-0.39, 0.29) is 5.75 Å². The average Bonchev–Trinajstić information content (AvgIpc) is 2.75. The number of piperazine rings is 1. The Bertz CT molecular complexity index is 1090. The van der Waals surface area contributed by atoms with Gasteiger partial charge in [0.15, 0.2) is 11.6 Å². The van der Waals surface area contributed by atoms with E-state index < -0.39 is 15.8 Å². The van der Waals surface area contributed by atoms with Crippen LogP contribution in [0.15, 0.2) is 60.9 Å². The van der Waals surface area contributed by atoms with Crippen molar-refractivity contribution in [3.63, 3.8) is 0 Å².